The number of carbonyl (C=O) groups is 2. The summed E-state index contributed by atoms with van der Waals surface area (Å²) in [7, 11) is 0. The summed E-state index contributed by atoms with van der Waals surface area (Å²) in [5, 5.41) is 0. The predicted octanol–water partition coefficient (Wildman–Crippen LogP) is 1.80. The van der Waals surface area contributed by atoms with Gasteiger partial charge in [0.05, 0.1) is 5.92 Å². The summed E-state index contributed by atoms with van der Waals surface area (Å²) in [6.07, 6.45) is -2.51. The summed E-state index contributed by atoms with van der Waals surface area (Å²) in [6, 6.07) is -0.329. The zero-order valence-electron chi connectivity index (χ0n) is 11.6. The molecular weight excluding hydrogens is 273 g/mol. The fourth-order valence-corrected chi connectivity index (χ4v) is 2.58. The molecule has 114 valence electrons. The Morgan fingerprint density at radius 3 is 2.45 bits per heavy atom. The zero-order chi connectivity index (χ0) is 15.1. The third kappa shape index (κ3) is 3.43. The van der Waals surface area contributed by atoms with Gasteiger partial charge in [0.1, 0.15) is 6.54 Å². The first-order valence-corrected chi connectivity index (χ1v) is 6.85. The van der Waals surface area contributed by atoms with Gasteiger partial charge < -0.3 is 9.80 Å². The fraction of sp³-hybridized carbons (Fsp3) is 0.846. The molecular formula is C13H19F3N2O2. The summed E-state index contributed by atoms with van der Waals surface area (Å²) in [5.74, 6) is -1.30. The van der Waals surface area contributed by atoms with Crippen LogP contribution in [-0.2, 0) is 9.59 Å². The smallest absolute Gasteiger partial charge is 0.339 e. The normalized spacial score (nSPS) is 23.6. The lowest BCUT2D eigenvalue weighted by Crippen LogP contribution is -2.46. The number of rotatable bonds is 4. The lowest BCUT2D eigenvalue weighted by molar-refractivity contribution is -0.167. The molecule has 20 heavy (non-hydrogen) atoms. The van der Waals surface area contributed by atoms with Crippen molar-refractivity contribution in [2.45, 2.75) is 51.4 Å². The molecule has 1 saturated carbocycles. The van der Waals surface area contributed by atoms with Crippen molar-refractivity contribution < 1.29 is 22.8 Å². The number of likely N-dealkylation sites (tertiary alicyclic amines) is 1. The second-order valence-electron chi connectivity index (χ2n) is 5.85. The molecule has 0 radical (unpaired) electrons. The van der Waals surface area contributed by atoms with E-state index in [-0.39, 0.29) is 24.9 Å². The summed E-state index contributed by atoms with van der Waals surface area (Å²) in [4.78, 5) is 26.5. The molecule has 0 N–H and O–H groups in total. The average Bonchev–Trinajstić information content (AvgIpc) is 3.07. The number of halogens is 3. The Bertz CT molecular complexity index is 405. The van der Waals surface area contributed by atoms with E-state index in [9.17, 15) is 22.8 Å². The summed E-state index contributed by atoms with van der Waals surface area (Å²) < 4.78 is 37.6. The van der Waals surface area contributed by atoms with Crippen LogP contribution in [0.25, 0.3) is 0 Å². The van der Waals surface area contributed by atoms with Gasteiger partial charge >= 0.3 is 6.18 Å². The predicted molar refractivity (Wildman–Crippen MR) is 65.7 cm³/mol. The van der Waals surface area contributed by atoms with E-state index < -0.39 is 30.6 Å². The highest BCUT2D eigenvalue weighted by Gasteiger charge is 2.44. The molecule has 0 bridgehead atoms. The lowest BCUT2D eigenvalue weighted by atomic mass is 10.1. The molecule has 0 aromatic rings. The first kappa shape index (κ1) is 15.1. The van der Waals surface area contributed by atoms with Gasteiger partial charge in [0, 0.05) is 25.0 Å². The number of alkyl halides is 3. The van der Waals surface area contributed by atoms with Crippen molar-refractivity contribution in [1.82, 2.24) is 9.80 Å². The molecule has 1 atom stereocenters. The minimum absolute atomic E-state index is 0.0381. The Morgan fingerprint density at radius 1 is 1.40 bits per heavy atom. The third-order valence-electron chi connectivity index (χ3n) is 3.75. The standard InChI is InChI=1S/C13H19F3N2O2/c1-8(2)18(7-13(14,15)16)12(20)9-5-11(19)17(6-9)10-3-4-10/h8-10H,3-7H2,1-2H3/t9-/m1/s1. The molecule has 1 heterocycles. The molecule has 2 amide bonds. The molecule has 0 aromatic carbocycles. The molecule has 2 rings (SSSR count). The topological polar surface area (TPSA) is 40.6 Å². The molecule has 4 nitrogen and oxygen atoms in total. The fourth-order valence-electron chi connectivity index (χ4n) is 2.58. The van der Waals surface area contributed by atoms with Crippen molar-refractivity contribution in [3.63, 3.8) is 0 Å². The molecule has 0 spiro atoms. The lowest BCUT2D eigenvalue weighted by Gasteiger charge is -2.30. The van der Waals surface area contributed by atoms with Gasteiger partial charge in [-0.1, -0.05) is 0 Å². The number of hydrogen-bond acceptors (Lipinski definition) is 2. The van der Waals surface area contributed by atoms with Crippen LogP contribution >= 0.6 is 0 Å². The molecule has 7 heteroatoms. The number of carbonyl (C=O) groups excluding carboxylic acids is 2. The van der Waals surface area contributed by atoms with E-state index in [1.54, 1.807) is 18.7 Å². The Hall–Kier alpha value is -1.27. The summed E-state index contributed by atoms with van der Waals surface area (Å²) in [6.45, 7) is 2.12. The zero-order valence-corrected chi connectivity index (χ0v) is 11.6. The van der Waals surface area contributed by atoms with Crippen molar-refractivity contribution in [3.05, 3.63) is 0 Å². The van der Waals surface area contributed by atoms with Gasteiger partial charge in [0.15, 0.2) is 0 Å². The average molecular weight is 292 g/mol. The van der Waals surface area contributed by atoms with Crippen molar-refractivity contribution in [2.75, 3.05) is 13.1 Å². The van der Waals surface area contributed by atoms with Crippen LogP contribution in [-0.4, -0.2) is 53.0 Å². The second kappa shape index (κ2) is 5.26. The highest BCUT2D eigenvalue weighted by molar-refractivity contribution is 5.89. The van der Waals surface area contributed by atoms with Crippen molar-refractivity contribution in [3.8, 4) is 0 Å². The van der Waals surface area contributed by atoms with Crippen LogP contribution in [0.2, 0.25) is 0 Å². The van der Waals surface area contributed by atoms with Crippen LogP contribution in [0.4, 0.5) is 13.2 Å². The highest BCUT2D eigenvalue weighted by Crippen LogP contribution is 2.33. The monoisotopic (exact) mass is 292 g/mol. The van der Waals surface area contributed by atoms with E-state index in [2.05, 4.69) is 0 Å². The minimum Gasteiger partial charge on any atom is -0.339 e. The largest absolute Gasteiger partial charge is 0.406 e. The maximum Gasteiger partial charge on any atom is 0.406 e. The molecule has 0 unspecified atom stereocenters. The maximum atomic E-state index is 12.5. The van der Waals surface area contributed by atoms with Crippen LogP contribution < -0.4 is 0 Å². The molecule has 0 aromatic heterocycles. The van der Waals surface area contributed by atoms with E-state index in [4.69, 9.17) is 0 Å². The minimum atomic E-state index is -4.42. The van der Waals surface area contributed by atoms with Crippen LogP contribution in [0, 0.1) is 5.92 Å². The number of hydrogen-bond donors (Lipinski definition) is 0. The first-order chi connectivity index (χ1) is 9.19. The highest BCUT2D eigenvalue weighted by atomic mass is 19.4. The van der Waals surface area contributed by atoms with Gasteiger partial charge in [0.2, 0.25) is 11.8 Å². The quantitative estimate of drug-likeness (QED) is 0.792. The molecule has 1 aliphatic carbocycles. The van der Waals surface area contributed by atoms with Crippen molar-refractivity contribution in [1.29, 1.82) is 0 Å². The van der Waals surface area contributed by atoms with Gasteiger partial charge in [-0.3, -0.25) is 9.59 Å². The van der Waals surface area contributed by atoms with Crippen molar-refractivity contribution in [2.24, 2.45) is 5.92 Å². The van der Waals surface area contributed by atoms with E-state index in [0.29, 0.717) is 0 Å². The molecule has 2 fully saturated rings. The van der Waals surface area contributed by atoms with Gasteiger partial charge in [0.25, 0.3) is 0 Å². The Balaban J connectivity index is 2.02. The second-order valence-corrected chi connectivity index (χ2v) is 5.85. The Morgan fingerprint density at radius 2 is 2.00 bits per heavy atom. The van der Waals surface area contributed by atoms with Crippen LogP contribution in [0.15, 0.2) is 0 Å². The summed E-state index contributed by atoms with van der Waals surface area (Å²) >= 11 is 0. The maximum absolute atomic E-state index is 12.5. The SMILES string of the molecule is CC(C)N(CC(F)(F)F)C(=O)[C@@H]1CC(=O)N(C2CC2)C1. The van der Waals surface area contributed by atoms with E-state index in [1.807, 2.05) is 0 Å². The Labute approximate surface area is 115 Å². The van der Waals surface area contributed by atoms with E-state index in [1.165, 1.54) is 0 Å². The molecule has 1 aliphatic heterocycles. The van der Waals surface area contributed by atoms with Gasteiger partial charge in [-0.25, -0.2) is 0 Å². The van der Waals surface area contributed by atoms with Crippen LogP contribution in [0.1, 0.15) is 33.1 Å². The third-order valence-corrected chi connectivity index (χ3v) is 3.75. The summed E-state index contributed by atoms with van der Waals surface area (Å²) in [5.41, 5.74) is 0. The van der Waals surface area contributed by atoms with E-state index >= 15 is 0 Å². The van der Waals surface area contributed by atoms with Crippen LogP contribution in [0.3, 0.4) is 0 Å². The number of amides is 2. The van der Waals surface area contributed by atoms with Crippen molar-refractivity contribution >= 4 is 11.8 Å². The Kier molecular flexibility index (Phi) is 3.97. The molecule has 2 aliphatic rings. The number of nitrogens with zero attached hydrogens (tertiary/aromatic N) is 2. The molecule has 1 saturated heterocycles. The first-order valence-electron chi connectivity index (χ1n) is 6.85. The van der Waals surface area contributed by atoms with Gasteiger partial charge in [-0.15, -0.1) is 0 Å². The van der Waals surface area contributed by atoms with Gasteiger partial charge in [-0.05, 0) is 26.7 Å². The van der Waals surface area contributed by atoms with Gasteiger partial charge in [-0.2, -0.15) is 13.2 Å². The van der Waals surface area contributed by atoms with Crippen LogP contribution in [0.5, 0.6) is 0 Å². The van der Waals surface area contributed by atoms with E-state index in [0.717, 1.165) is 17.7 Å².